The molecule has 0 aromatic heterocycles. The summed E-state index contributed by atoms with van der Waals surface area (Å²) in [6.07, 6.45) is 0.856. The van der Waals surface area contributed by atoms with Crippen molar-refractivity contribution in [3.8, 4) is 0 Å². The van der Waals surface area contributed by atoms with Crippen LogP contribution in [-0.2, 0) is 4.79 Å². The molecule has 3 nitrogen and oxygen atoms in total. The van der Waals surface area contributed by atoms with Crippen LogP contribution in [0.1, 0.15) is 13.8 Å². The van der Waals surface area contributed by atoms with E-state index in [1.54, 1.807) is 0 Å². The number of carbonyl (C=O) groups is 1. The zero-order valence-corrected chi connectivity index (χ0v) is 7.46. The van der Waals surface area contributed by atoms with Crippen LogP contribution in [0.4, 0.5) is 0 Å². The van der Waals surface area contributed by atoms with Crippen LogP contribution in [0.5, 0.6) is 0 Å². The maximum atomic E-state index is 10.6. The molecular formula is C8H14N2O. The summed E-state index contributed by atoms with van der Waals surface area (Å²) in [6, 6.07) is 0. The number of allylic oxidation sites excluding steroid dienone is 2. The van der Waals surface area contributed by atoms with Crippen molar-refractivity contribution in [3.05, 3.63) is 11.4 Å². The minimum absolute atomic E-state index is 0.102. The van der Waals surface area contributed by atoms with E-state index in [2.05, 4.69) is 0 Å². The molecule has 3 heteroatoms. The fraction of sp³-hybridized carbons (Fsp3) is 0.625. The highest BCUT2D eigenvalue weighted by Crippen LogP contribution is 2.23. The van der Waals surface area contributed by atoms with Crippen molar-refractivity contribution in [3.63, 3.8) is 0 Å². The molecular weight excluding hydrogens is 140 g/mol. The molecule has 1 aliphatic rings. The molecule has 0 aromatic rings. The number of nitrogens with zero attached hydrogens (tertiary/aromatic N) is 2. The minimum Gasteiger partial charge on any atom is -0.351 e. The number of aldehydes is 1. The molecule has 11 heavy (non-hydrogen) atoms. The third-order valence-electron chi connectivity index (χ3n) is 2.50. The summed E-state index contributed by atoms with van der Waals surface area (Å²) in [7, 11) is 3.86. The zero-order chi connectivity index (χ0) is 8.59. The molecule has 0 atom stereocenters. The monoisotopic (exact) mass is 154 g/mol. The summed E-state index contributed by atoms with van der Waals surface area (Å²) < 4.78 is 0. The van der Waals surface area contributed by atoms with E-state index in [0.29, 0.717) is 0 Å². The molecule has 1 rings (SSSR count). The number of likely N-dealkylation sites (N-methyl/N-ethyl adjacent to an activating group) is 2. The van der Waals surface area contributed by atoms with Crippen molar-refractivity contribution in [2.24, 2.45) is 0 Å². The normalized spacial score (nSPS) is 20.0. The van der Waals surface area contributed by atoms with Crippen molar-refractivity contribution >= 4 is 6.29 Å². The van der Waals surface area contributed by atoms with Crippen molar-refractivity contribution < 1.29 is 4.79 Å². The van der Waals surface area contributed by atoms with Crippen LogP contribution in [0.3, 0.4) is 0 Å². The third-order valence-corrected chi connectivity index (χ3v) is 2.50. The molecule has 0 radical (unpaired) electrons. The Bertz CT molecular complexity index is 192. The first kappa shape index (κ1) is 8.11. The Labute approximate surface area is 67.3 Å². The summed E-state index contributed by atoms with van der Waals surface area (Å²) in [5, 5.41) is 0. The Morgan fingerprint density at radius 2 is 1.55 bits per heavy atom. The van der Waals surface area contributed by atoms with Gasteiger partial charge in [0.2, 0.25) is 0 Å². The maximum absolute atomic E-state index is 10.6. The molecule has 1 aliphatic heterocycles. The largest absolute Gasteiger partial charge is 0.351 e. The molecule has 0 bridgehead atoms. The predicted octanol–water partition coefficient (Wildman–Crippen LogP) is 0.640. The lowest BCUT2D eigenvalue weighted by Gasteiger charge is -2.23. The molecule has 0 amide bonds. The summed E-state index contributed by atoms with van der Waals surface area (Å²) in [5.41, 5.74) is 2.34. The molecule has 62 valence electrons. The minimum atomic E-state index is -0.102. The van der Waals surface area contributed by atoms with E-state index in [0.717, 1.165) is 6.29 Å². The smallest absolute Gasteiger partial charge is 0.162 e. The van der Waals surface area contributed by atoms with Crippen LogP contribution in [0.25, 0.3) is 0 Å². The molecule has 1 heterocycles. The van der Waals surface area contributed by atoms with E-state index in [9.17, 15) is 4.79 Å². The van der Waals surface area contributed by atoms with Gasteiger partial charge in [0.15, 0.2) is 12.5 Å². The quantitative estimate of drug-likeness (QED) is 0.518. The van der Waals surface area contributed by atoms with Gasteiger partial charge in [0.1, 0.15) is 0 Å². The average molecular weight is 154 g/mol. The van der Waals surface area contributed by atoms with Gasteiger partial charge >= 0.3 is 0 Å². The van der Waals surface area contributed by atoms with Gasteiger partial charge in [-0.1, -0.05) is 0 Å². The second-order valence-corrected chi connectivity index (χ2v) is 2.94. The number of rotatable bonds is 1. The van der Waals surface area contributed by atoms with E-state index in [1.807, 2.05) is 37.7 Å². The van der Waals surface area contributed by atoms with Crippen LogP contribution < -0.4 is 0 Å². The highest BCUT2D eigenvalue weighted by Gasteiger charge is 2.27. The van der Waals surface area contributed by atoms with Gasteiger partial charge in [0.25, 0.3) is 0 Å². The Hall–Kier alpha value is -0.990. The zero-order valence-electron chi connectivity index (χ0n) is 7.46. The second kappa shape index (κ2) is 2.57. The first-order valence-electron chi connectivity index (χ1n) is 3.68. The van der Waals surface area contributed by atoms with Gasteiger partial charge in [-0.2, -0.15) is 0 Å². The second-order valence-electron chi connectivity index (χ2n) is 2.94. The molecule has 0 fully saturated rings. The Morgan fingerprint density at radius 3 is 1.73 bits per heavy atom. The van der Waals surface area contributed by atoms with Gasteiger partial charge in [-0.3, -0.25) is 4.79 Å². The van der Waals surface area contributed by atoms with E-state index < -0.39 is 0 Å². The van der Waals surface area contributed by atoms with Crippen LogP contribution in [0.15, 0.2) is 11.4 Å². The molecule has 0 unspecified atom stereocenters. The lowest BCUT2D eigenvalue weighted by Crippen LogP contribution is -2.36. The maximum Gasteiger partial charge on any atom is 0.162 e. The SMILES string of the molecule is CC1=C(C)N(C)C(C=O)N1C. The summed E-state index contributed by atoms with van der Waals surface area (Å²) in [4.78, 5) is 14.6. The first-order valence-corrected chi connectivity index (χ1v) is 3.68. The average Bonchev–Trinajstić information content (AvgIpc) is 2.17. The van der Waals surface area contributed by atoms with Gasteiger partial charge in [-0.25, -0.2) is 0 Å². The Morgan fingerprint density at radius 1 is 1.18 bits per heavy atom. The number of hydrogen-bond acceptors (Lipinski definition) is 3. The lowest BCUT2D eigenvalue weighted by molar-refractivity contribution is -0.114. The molecule has 0 aromatic carbocycles. The highest BCUT2D eigenvalue weighted by atomic mass is 16.1. The van der Waals surface area contributed by atoms with E-state index >= 15 is 0 Å². The Kier molecular flexibility index (Phi) is 1.89. The molecule has 0 spiro atoms. The Balaban J connectivity index is 2.91. The van der Waals surface area contributed by atoms with Gasteiger partial charge in [-0.05, 0) is 13.8 Å². The number of carbonyl (C=O) groups excluding carboxylic acids is 1. The van der Waals surface area contributed by atoms with Crippen LogP contribution >= 0.6 is 0 Å². The van der Waals surface area contributed by atoms with Crippen LogP contribution in [0, 0.1) is 0 Å². The van der Waals surface area contributed by atoms with Crippen molar-refractivity contribution in [1.82, 2.24) is 9.80 Å². The van der Waals surface area contributed by atoms with Gasteiger partial charge in [0.05, 0.1) is 0 Å². The van der Waals surface area contributed by atoms with Gasteiger partial charge < -0.3 is 9.80 Å². The third kappa shape index (κ3) is 1.00. The van der Waals surface area contributed by atoms with E-state index in [4.69, 9.17) is 0 Å². The summed E-state index contributed by atoms with van der Waals surface area (Å²) in [6.45, 7) is 4.05. The topological polar surface area (TPSA) is 23.6 Å². The first-order chi connectivity index (χ1) is 5.09. The lowest BCUT2D eigenvalue weighted by atomic mass is 10.4. The highest BCUT2D eigenvalue weighted by molar-refractivity contribution is 5.59. The summed E-state index contributed by atoms with van der Waals surface area (Å²) >= 11 is 0. The van der Waals surface area contributed by atoms with Crippen molar-refractivity contribution in [2.75, 3.05) is 14.1 Å². The molecule has 0 saturated heterocycles. The van der Waals surface area contributed by atoms with Gasteiger partial charge in [-0.15, -0.1) is 0 Å². The van der Waals surface area contributed by atoms with Gasteiger partial charge in [0, 0.05) is 25.5 Å². The molecule has 0 aliphatic carbocycles. The molecule has 0 saturated carbocycles. The standard InChI is InChI=1S/C8H14N2O/c1-6-7(2)10(4)8(5-11)9(6)3/h5,8H,1-4H3. The van der Waals surface area contributed by atoms with Crippen LogP contribution in [0.2, 0.25) is 0 Å². The fourth-order valence-electron chi connectivity index (χ4n) is 1.35. The number of hydrogen-bond donors (Lipinski definition) is 0. The fourth-order valence-corrected chi connectivity index (χ4v) is 1.35. The predicted molar refractivity (Wildman–Crippen MR) is 43.8 cm³/mol. The summed E-state index contributed by atoms with van der Waals surface area (Å²) in [5.74, 6) is 0. The van der Waals surface area contributed by atoms with Crippen molar-refractivity contribution in [1.29, 1.82) is 0 Å². The van der Waals surface area contributed by atoms with Crippen molar-refractivity contribution in [2.45, 2.75) is 20.0 Å². The van der Waals surface area contributed by atoms with E-state index in [1.165, 1.54) is 11.4 Å². The van der Waals surface area contributed by atoms with Crippen LogP contribution in [-0.4, -0.2) is 36.3 Å². The van der Waals surface area contributed by atoms with E-state index in [-0.39, 0.29) is 6.17 Å². The molecule has 0 N–H and O–H groups in total.